The Hall–Kier alpha value is -1.55. The molecule has 1 N–H and O–H groups in total. The molecule has 1 saturated heterocycles. The van der Waals surface area contributed by atoms with E-state index in [4.69, 9.17) is 11.6 Å². The third-order valence-corrected chi connectivity index (χ3v) is 3.46. The van der Waals surface area contributed by atoms with Crippen molar-refractivity contribution in [2.45, 2.75) is 18.3 Å². The molecule has 0 spiro atoms. The largest absolute Gasteiger partial charge is 0.348 e. The van der Waals surface area contributed by atoms with Gasteiger partial charge in [-0.2, -0.15) is 0 Å². The fraction of sp³-hybridized carbons (Fsp3) is 0.333. The zero-order valence-electron chi connectivity index (χ0n) is 9.07. The minimum Gasteiger partial charge on any atom is -0.348 e. The van der Waals surface area contributed by atoms with E-state index in [1.54, 1.807) is 11.0 Å². The highest BCUT2D eigenvalue weighted by Crippen LogP contribution is 2.27. The van der Waals surface area contributed by atoms with Gasteiger partial charge < -0.3 is 10.2 Å². The molecule has 2 amide bonds. The first kappa shape index (κ1) is 10.6. The summed E-state index contributed by atoms with van der Waals surface area (Å²) >= 11 is 5.96. The van der Waals surface area contributed by atoms with Gasteiger partial charge in [0.15, 0.2) is 0 Å². The Bertz CT molecular complexity index is 515. The summed E-state index contributed by atoms with van der Waals surface area (Å²) < 4.78 is 0. The van der Waals surface area contributed by atoms with Crippen LogP contribution >= 0.6 is 11.6 Å². The highest BCUT2D eigenvalue weighted by atomic mass is 35.5. The van der Waals surface area contributed by atoms with Crippen LogP contribution in [0.25, 0.3) is 0 Å². The third kappa shape index (κ3) is 1.69. The number of carbonyl (C=O) groups is 2. The summed E-state index contributed by atoms with van der Waals surface area (Å²) in [6.45, 7) is 1.08. The Morgan fingerprint density at radius 2 is 2.18 bits per heavy atom. The molecule has 5 heteroatoms. The van der Waals surface area contributed by atoms with Crippen LogP contribution in [0.1, 0.15) is 22.3 Å². The second-order valence-electron chi connectivity index (χ2n) is 4.33. The predicted octanol–water partition coefficient (Wildman–Crippen LogP) is 1.27. The van der Waals surface area contributed by atoms with E-state index in [2.05, 4.69) is 5.32 Å². The molecule has 1 unspecified atom stereocenters. The summed E-state index contributed by atoms with van der Waals surface area (Å²) in [6, 6.07) is 5.52. The monoisotopic (exact) mass is 250 g/mol. The van der Waals surface area contributed by atoms with Crippen LogP contribution in [0.2, 0.25) is 0 Å². The van der Waals surface area contributed by atoms with Gasteiger partial charge >= 0.3 is 0 Å². The molecule has 4 nitrogen and oxygen atoms in total. The lowest BCUT2D eigenvalue weighted by Gasteiger charge is -2.16. The molecule has 0 aromatic heterocycles. The van der Waals surface area contributed by atoms with Crippen molar-refractivity contribution < 1.29 is 9.59 Å². The van der Waals surface area contributed by atoms with E-state index in [-0.39, 0.29) is 17.2 Å². The first-order chi connectivity index (χ1) is 8.15. The number of hydrogen-bond donors (Lipinski definition) is 1. The van der Waals surface area contributed by atoms with E-state index in [1.807, 2.05) is 12.1 Å². The number of alkyl halides is 1. The maximum atomic E-state index is 11.7. The van der Waals surface area contributed by atoms with Crippen LogP contribution in [-0.4, -0.2) is 23.7 Å². The molecule has 1 aromatic carbocycles. The van der Waals surface area contributed by atoms with Gasteiger partial charge in [-0.25, -0.2) is 0 Å². The Labute approximate surface area is 104 Å². The third-order valence-electron chi connectivity index (χ3n) is 3.17. The van der Waals surface area contributed by atoms with Gasteiger partial charge in [0, 0.05) is 30.8 Å². The van der Waals surface area contributed by atoms with E-state index in [0.29, 0.717) is 25.1 Å². The van der Waals surface area contributed by atoms with Crippen LogP contribution in [0.4, 0.5) is 5.69 Å². The van der Waals surface area contributed by atoms with Crippen molar-refractivity contribution in [3.8, 4) is 0 Å². The van der Waals surface area contributed by atoms with E-state index in [0.717, 1.165) is 11.3 Å². The van der Waals surface area contributed by atoms with Crippen LogP contribution in [0.15, 0.2) is 18.2 Å². The molecule has 17 heavy (non-hydrogen) atoms. The minimum atomic E-state index is -0.135. The van der Waals surface area contributed by atoms with Crippen molar-refractivity contribution in [3.05, 3.63) is 29.3 Å². The number of nitrogens with zero attached hydrogens (tertiary/aromatic N) is 1. The summed E-state index contributed by atoms with van der Waals surface area (Å²) in [5, 5.41) is 2.62. The highest BCUT2D eigenvalue weighted by Gasteiger charge is 2.30. The van der Waals surface area contributed by atoms with Gasteiger partial charge in [-0.3, -0.25) is 9.59 Å². The maximum absolute atomic E-state index is 11.7. The van der Waals surface area contributed by atoms with Gasteiger partial charge in [0.1, 0.15) is 0 Å². The van der Waals surface area contributed by atoms with Crippen molar-refractivity contribution >= 4 is 29.1 Å². The Morgan fingerprint density at radius 1 is 1.35 bits per heavy atom. The SMILES string of the molecule is O=C1NCc2ccc(N3CC(Cl)CC3=O)cc21. The lowest BCUT2D eigenvalue weighted by Crippen LogP contribution is -2.24. The van der Waals surface area contributed by atoms with Crippen molar-refractivity contribution in [1.29, 1.82) is 0 Å². The summed E-state index contributed by atoms with van der Waals surface area (Å²) in [7, 11) is 0. The van der Waals surface area contributed by atoms with Crippen molar-refractivity contribution in [2.75, 3.05) is 11.4 Å². The molecule has 0 saturated carbocycles. The Kier molecular flexibility index (Phi) is 2.33. The van der Waals surface area contributed by atoms with Gasteiger partial charge in [-0.15, -0.1) is 11.6 Å². The van der Waals surface area contributed by atoms with Gasteiger partial charge in [-0.1, -0.05) is 6.07 Å². The molecule has 1 aromatic rings. The van der Waals surface area contributed by atoms with Crippen LogP contribution in [0.5, 0.6) is 0 Å². The average Bonchev–Trinajstić information content (AvgIpc) is 2.83. The zero-order chi connectivity index (χ0) is 12.0. The number of anilines is 1. The number of rotatable bonds is 1. The van der Waals surface area contributed by atoms with Gasteiger partial charge in [-0.05, 0) is 17.7 Å². The fourth-order valence-corrected chi connectivity index (χ4v) is 2.55. The highest BCUT2D eigenvalue weighted by molar-refractivity contribution is 6.24. The standard InChI is InChI=1S/C12H11ClN2O2/c13-8-3-11(16)15(6-8)9-2-1-7-5-14-12(17)10(7)4-9/h1-2,4,8H,3,5-6H2,(H,14,17). The van der Waals surface area contributed by atoms with Crippen LogP contribution in [0.3, 0.4) is 0 Å². The first-order valence-corrected chi connectivity index (χ1v) is 5.94. The molecular formula is C12H11ClN2O2. The zero-order valence-corrected chi connectivity index (χ0v) is 9.83. The smallest absolute Gasteiger partial charge is 0.251 e. The Morgan fingerprint density at radius 3 is 2.88 bits per heavy atom. The number of halogens is 1. The average molecular weight is 251 g/mol. The summed E-state index contributed by atoms with van der Waals surface area (Å²) in [5.41, 5.74) is 2.40. The second kappa shape index (κ2) is 3.74. The number of benzene rings is 1. The second-order valence-corrected chi connectivity index (χ2v) is 4.95. The number of amides is 2. The van der Waals surface area contributed by atoms with Crippen LogP contribution in [0, 0.1) is 0 Å². The summed E-state index contributed by atoms with van der Waals surface area (Å²) in [6.07, 6.45) is 0.366. The lowest BCUT2D eigenvalue weighted by molar-refractivity contribution is -0.117. The van der Waals surface area contributed by atoms with E-state index < -0.39 is 0 Å². The van der Waals surface area contributed by atoms with Gasteiger partial charge in [0.05, 0.1) is 5.38 Å². The molecule has 0 bridgehead atoms. The van der Waals surface area contributed by atoms with Crippen LogP contribution < -0.4 is 10.2 Å². The molecule has 0 aliphatic carbocycles. The maximum Gasteiger partial charge on any atom is 0.251 e. The molecule has 88 valence electrons. The van der Waals surface area contributed by atoms with Gasteiger partial charge in [0.2, 0.25) is 5.91 Å². The molecule has 1 atom stereocenters. The predicted molar refractivity (Wildman–Crippen MR) is 64.2 cm³/mol. The molecular weight excluding hydrogens is 240 g/mol. The van der Waals surface area contributed by atoms with E-state index in [1.165, 1.54) is 0 Å². The van der Waals surface area contributed by atoms with Crippen LogP contribution in [-0.2, 0) is 11.3 Å². The van der Waals surface area contributed by atoms with E-state index in [9.17, 15) is 9.59 Å². The molecule has 3 rings (SSSR count). The molecule has 2 heterocycles. The Balaban J connectivity index is 1.97. The quantitative estimate of drug-likeness (QED) is 0.764. The number of nitrogens with one attached hydrogen (secondary N) is 1. The van der Waals surface area contributed by atoms with Crippen molar-refractivity contribution in [2.24, 2.45) is 0 Å². The summed E-state index contributed by atoms with van der Waals surface area (Å²) in [4.78, 5) is 24.9. The lowest BCUT2D eigenvalue weighted by atomic mass is 10.1. The molecule has 0 radical (unpaired) electrons. The molecule has 1 fully saturated rings. The van der Waals surface area contributed by atoms with Crippen molar-refractivity contribution in [3.63, 3.8) is 0 Å². The van der Waals surface area contributed by atoms with Crippen molar-refractivity contribution in [1.82, 2.24) is 5.32 Å². The number of fused-ring (bicyclic) bond motifs is 1. The number of hydrogen-bond acceptors (Lipinski definition) is 2. The number of carbonyl (C=O) groups excluding carboxylic acids is 2. The fourth-order valence-electron chi connectivity index (χ4n) is 2.28. The first-order valence-electron chi connectivity index (χ1n) is 5.51. The minimum absolute atomic E-state index is 0.0170. The molecule has 2 aliphatic heterocycles. The van der Waals surface area contributed by atoms with E-state index >= 15 is 0 Å². The topological polar surface area (TPSA) is 49.4 Å². The normalized spacial score (nSPS) is 22.9. The molecule has 2 aliphatic rings. The van der Waals surface area contributed by atoms with Gasteiger partial charge in [0.25, 0.3) is 5.91 Å². The summed E-state index contributed by atoms with van der Waals surface area (Å²) in [5.74, 6) is -0.0562.